The molecule has 0 amide bonds. The number of sulfone groups is 1. The maximum atomic E-state index is 12.6. The van der Waals surface area contributed by atoms with E-state index >= 15 is 0 Å². The van der Waals surface area contributed by atoms with Crippen LogP contribution in [0.1, 0.15) is 16.4 Å². The molecule has 0 saturated carbocycles. The fraction of sp³-hybridized carbons (Fsp3) is 0.200. The lowest BCUT2D eigenvalue weighted by Crippen LogP contribution is -2.54. The lowest BCUT2D eigenvalue weighted by Gasteiger charge is -2.15. The van der Waals surface area contributed by atoms with Crippen molar-refractivity contribution in [1.82, 2.24) is 0 Å². The Labute approximate surface area is 114 Å². The second-order valence-corrected chi connectivity index (χ2v) is 6.68. The maximum Gasteiger partial charge on any atom is 0.190 e. The van der Waals surface area contributed by atoms with Crippen LogP contribution >= 0.6 is 0 Å². The van der Waals surface area contributed by atoms with Crippen LogP contribution in [-0.4, -0.2) is 15.0 Å². The third kappa shape index (κ3) is 2.85. The predicted octanol–water partition coefficient (Wildman–Crippen LogP) is 1.75. The van der Waals surface area contributed by atoms with Crippen LogP contribution < -0.4 is 5.73 Å². The topological polar surface area (TPSA) is 61.8 Å². The molecule has 3 nitrogen and oxygen atoms in total. The first-order valence-electron chi connectivity index (χ1n) is 6.20. The molecule has 0 bridgehead atoms. The second-order valence-electron chi connectivity index (χ2n) is 4.55. The number of hydrogen-bond acceptors (Lipinski definition) is 2. The molecule has 0 spiro atoms. The van der Waals surface area contributed by atoms with Crippen LogP contribution in [0.15, 0.2) is 59.5 Å². The molecular formula is C15H18NO2S+. The maximum absolute atomic E-state index is 12.6. The predicted molar refractivity (Wildman–Crippen MR) is 75.3 cm³/mol. The van der Waals surface area contributed by atoms with Gasteiger partial charge in [-0.15, -0.1) is 0 Å². The van der Waals surface area contributed by atoms with Crippen LogP contribution in [0.4, 0.5) is 0 Å². The lowest BCUT2D eigenvalue weighted by molar-refractivity contribution is -0.367. The van der Waals surface area contributed by atoms with Gasteiger partial charge in [0.25, 0.3) is 0 Å². The van der Waals surface area contributed by atoms with Crippen LogP contribution in [0.5, 0.6) is 0 Å². The number of quaternary nitrogens is 1. The van der Waals surface area contributed by atoms with Gasteiger partial charge in [-0.2, -0.15) is 0 Å². The van der Waals surface area contributed by atoms with Gasteiger partial charge in [-0.3, -0.25) is 0 Å². The van der Waals surface area contributed by atoms with Gasteiger partial charge < -0.3 is 5.73 Å². The number of rotatable bonds is 4. The highest BCUT2D eigenvalue weighted by molar-refractivity contribution is 7.91. The van der Waals surface area contributed by atoms with E-state index < -0.39 is 15.1 Å². The van der Waals surface area contributed by atoms with E-state index in [1.165, 1.54) is 0 Å². The Bertz CT molecular complexity index is 651. The standard InChI is InChI=1S/C15H17NO2S/c1-12-6-5-7-13(10-12)15(11-16)19(17,18)14-8-3-2-4-9-14/h2-10,15H,11,16H2,1H3/p+1/t15-/m1/s1. The van der Waals surface area contributed by atoms with Crippen molar-refractivity contribution >= 4 is 9.84 Å². The Balaban J connectivity index is 2.48. The Kier molecular flexibility index (Phi) is 4.02. The molecular weight excluding hydrogens is 258 g/mol. The first-order chi connectivity index (χ1) is 9.05. The van der Waals surface area contributed by atoms with Gasteiger partial charge in [0.2, 0.25) is 0 Å². The quantitative estimate of drug-likeness (QED) is 0.924. The van der Waals surface area contributed by atoms with E-state index in [4.69, 9.17) is 0 Å². The molecule has 0 aliphatic carbocycles. The molecule has 0 aliphatic heterocycles. The number of hydrogen-bond donors (Lipinski definition) is 1. The van der Waals surface area contributed by atoms with Gasteiger partial charge in [-0.25, -0.2) is 8.42 Å². The molecule has 0 radical (unpaired) electrons. The Morgan fingerprint density at radius 3 is 2.32 bits per heavy atom. The van der Waals surface area contributed by atoms with E-state index in [0.717, 1.165) is 11.1 Å². The zero-order chi connectivity index (χ0) is 13.9. The minimum absolute atomic E-state index is 0.320. The van der Waals surface area contributed by atoms with Gasteiger partial charge in [-0.05, 0) is 24.6 Å². The summed E-state index contributed by atoms with van der Waals surface area (Å²) in [6.07, 6.45) is 0. The molecule has 100 valence electrons. The summed E-state index contributed by atoms with van der Waals surface area (Å²) in [7, 11) is -3.38. The molecule has 0 aromatic heterocycles. The Morgan fingerprint density at radius 2 is 1.74 bits per heavy atom. The molecule has 2 rings (SSSR count). The van der Waals surface area contributed by atoms with E-state index in [0.29, 0.717) is 11.4 Å². The van der Waals surface area contributed by atoms with Crippen molar-refractivity contribution in [3.63, 3.8) is 0 Å². The van der Waals surface area contributed by atoms with Gasteiger partial charge in [0.1, 0.15) is 5.25 Å². The van der Waals surface area contributed by atoms with E-state index in [2.05, 4.69) is 5.73 Å². The van der Waals surface area contributed by atoms with Crippen molar-refractivity contribution in [2.45, 2.75) is 17.1 Å². The van der Waals surface area contributed by atoms with Gasteiger partial charge in [-0.1, -0.05) is 48.0 Å². The smallest absolute Gasteiger partial charge is 0.190 e. The van der Waals surface area contributed by atoms with E-state index in [1.807, 2.05) is 37.3 Å². The average molecular weight is 276 g/mol. The summed E-state index contributed by atoms with van der Waals surface area (Å²) < 4.78 is 25.3. The summed E-state index contributed by atoms with van der Waals surface area (Å²) in [4.78, 5) is 0.352. The molecule has 2 aromatic rings. The van der Waals surface area contributed by atoms with Gasteiger partial charge in [0.15, 0.2) is 9.84 Å². The Morgan fingerprint density at radius 1 is 1.05 bits per heavy atom. The summed E-state index contributed by atoms with van der Waals surface area (Å²) in [6.45, 7) is 2.28. The summed E-state index contributed by atoms with van der Waals surface area (Å²) in [5.41, 5.74) is 5.66. The van der Waals surface area contributed by atoms with Gasteiger partial charge in [0, 0.05) is 0 Å². The van der Waals surface area contributed by atoms with Crippen molar-refractivity contribution in [1.29, 1.82) is 0 Å². The minimum Gasteiger partial charge on any atom is -0.356 e. The number of aryl methyl sites for hydroxylation is 1. The van der Waals surface area contributed by atoms with Gasteiger partial charge >= 0.3 is 0 Å². The lowest BCUT2D eigenvalue weighted by atomic mass is 10.1. The first kappa shape index (κ1) is 13.8. The number of benzene rings is 2. The molecule has 3 N–H and O–H groups in total. The highest BCUT2D eigenvalue weighted by Crippen LogP contribution is 2.27. The first-order valence-corrected chi connectivity index (χ1v) is 7.75. The molecule has 0 fully saturated rings. The Hall–Kier alpha value is -1.65. The van der Waals surface area contributed by atoms with Crippen LogP contribution in [0, 0.1) is 6.92 Å². The van der Waals surface area contributed by atoms with Crippen molar-refractivity contribution in [2.24, 2.45) is 0 Å². The highest BCUT2D eigenvalue weighted by atomic mass is 32.2. The van der Waals surface area contributed by atoms with E-state index in [1.54, 1.807) is 24.3 Å². The van der Waals surface area contributed by atoms with E-state index in [-0.39, 0.29) is 0 Å². The van der Waals surface area contributed by atoms with Crippen LogP contribution in [0.25, 0.3) is 0 Å². The third-order valence-electron chi connectivity index (χ3n) is 3.12. The molecule has 19 heavy (non-hydrogen) atoms. The zero-order valence-corrected chi connectivity index (χ0v) is 11.7. The summed E-state index contributed by atoms with van der Waals surface area (Å²) in [5.74, 6) is 0. The van der Waals surface area contributed by atoms with Crippen molar-refractivity contribution in [3.8, 4) is 0 Å². The van der Waals surface area contributed by atoms with Crippen molar-refractivity contribution < 1.29 is 14.2 Å². The van der Waals surface area contributed by atoms with Crippen molar-refractivity contribution in [3.05, 3.63) is 65.7 Å². The molecule has 0 aliphatic rings. The van der Waals surface area contributed by atoms with Crippen LogP contribution in [0.2, 0.25) is 0 Å². The molecule has 4 heteroatoms. The molecule has 0 saturated heterocycles. The summed E-state index contributed by atoms with van der Waals surface area (Å²) in [6, 6.07) is 16.2. The summed E-state index contributed by atoms with van der Waals surface area (Å²) >= 11 is 0. The van der Waals surface area contributed by atoms with E-state index in [9.17, 15) is 8.42 Å². The monoisotopic (exact) mass is 276 g/mol. The molecule has 0 heterocycles. The minimum atomic E-state index is -3.38. The largest absolute Gasteiger partial charge is 0.356 e. The third-order valence-corrected chi connectivity index (χ3v) is 5.31. The van der Waals surface area contributed by atoms with Crippen LogP contribution in [-0.2, 0) is 9.84 Å². The fourth-order valence-corrected chi connectivity index (χ4v) is 3.83. The fourth-order valence-electron chi connectivity index (χ4n) is 2.15. The SMILES string of the molecule is Cc1cccc([C@@H](C[NH3+])S(=O)(=O)c2ccccc2)c1. The van der Waals surface area contributed by atoms with Gasteiger partial charge in [0.05, 0.1) is 11.4 Å². The second kappa shape index (κ2) is 5.55. The van der Waals surface area contributed by atoms with Crippen LogP contribution in [0.3, 0.4) is 0 Å². The molecule has 1 atom stereocenters. The molecule has 0 unspecified atom stereocenters. The average Bonchev–Trinajstić information content (AvgIpc) is 2.40. The zero-order valence-electron chi connectivity index (χ0n) is 10.9. The normalized spacial score (nSPS) is 13.2. The molecule has 2 aromatic carbocycles. The van der Waals surface area contributed by atoms with Crippen molar-refractivity contribution in [2.75, 3.05) is 6.54 Å². The highest BCUT2D eigenvalue weighted by Gasteiger charge is 2.29. The summed E-state index contributed by atoms with van der Waals surface area (Å²) in [5, 5.41) is -0.588.